The first-order chi connectivity index (χ1) is 14.1. The molecule has 0 radical (unpaired) electrons. The lowest BCUT2D eigenvalue weighted by molar-refractivity contribution is -0.131. The van der Waals surface area contributed by atoms with Gasteiger partial charge in [-0.15, -0.1) is 0 Å². The van der Waals surface area contributed by atoms with Gasteiger partial charge in [-0.05, 0) is 96.2 Å². The largest absolute Gasteiger partial charge is 0.508 e. The number of allylic oxidation sites excluding steroid dienone is 1. The van der Waals surface area contributed by atoms with E-state index in [0.29, 0.717) is 11.8 Å². The summed E-state index contributed by atoms with van der Waals surface area (Å²) < 4.78 is 0. The number of benzene rings is 2. The van der Waals surface area contributed by atoms with Crippen LogP contribution in [0.25, 0.3) is 11.6 Å². The zero-order valence-corrected chi connectivity index (χ0v) is 16.4. The van der Waals surface area contributed by atoms with Crippen molar-refractivity contribution in [2.75, 3.05) is 0 Å². The molecule has 3 heteroatoms. The highest BCUT2D eigenvalue weighted by Gasteiger charge is 2.46. The van der Waals surface area contributed by atoms with Crippen molar-refractivity contribution in [2.24, 2.45) is 23.7 Å². The number of hydrogen-bond acceptors (Lipinski definition) is 2. The summed E-state index contributed by atoms with van der Waals surface area (Å²) in [6.45, 7) is 0. The summed E-state index contributed by atoms with van der Waals surface area (Å²) in [6, 6.07) is 15.8. The van der Waals surface area contributed by atoms with Crippen molar-refractivity contribution in [1.82, 2.24) is 0 Å². The maximum atomic E-state index is 10.8. The lowest BCUT2D eigenvalue weighted by Crippen LogP contribution is -2.40. The Morgan fingerprint density at radius 1 is 0.793 bits per heavy atom. The van der Waals surface area contributed by atoms with E-state index in [1.807, 2.05) is 24.3 Å². The average Bonchev–Trinajstić information content (AvgIpc) is 2.70. The van der Waals surface area contributed by atoms with Gasteiger partial charge in [0.15, 0.2) is 0 Å². The number of carboxylic acids is 1. The summed E-state index contributed by atoms with van der Waals surface area (Å²) in [6.07, 6.45) is 9.52. The molecule has 3 nitrogen and oxygen atoms in total. The van der Waals surface area contributed by atoms with Crippen LogP contribution in [-0.2, 0) is 4.79 Å². The van der Waals surface area contributed by atoms with Crippen LogP contribution in [0.2, 0.25) is 0 Å². The summed E-state index contributed by atoms with van der Waals surface area (Å²) in [4.78, 5) is 10.8. The third kappa shape index (κ3) is 3.50. The van der Waals surface area contributed by atoms with Gasteiger partial charge in [-0.3, -0.25) is 0 Å². The smallest absolute Gasteiger partial charge is 0.328 e. The van der Waals surface area contributed by atoms with Crippen molar-refractivity contribution in [3.05, 3.63) is 76.9 Å². The highest BCUT2D eigenvalue weighted by Crippen LogP contribution is 2.58. The molecule has 6 rings (SSSR count). The Balaban J connectivity index is 1.60. The van der Waals surface area contributed by atoms with Gasteiger partial charge < -0.3 is 10.2 Å². The van der Waals surface area contributed by atoms with Gasteiger partial charge in [0, 0.05) is 6.08 Å². The van der Waals surface area contributed by atoms with Crippen LogP contribution in [0.5, 0.6) is 5.75 Å². The molecular weight excluding hydrogens is 360 g/mol. The topological polar surface area (TPSA) is 57.5 Å². The fourth-order valence-corrected chi connectivity index (χ4v) is 6.16. The van der Waals surface area contributed by atoms with E-state index in [-0.39, 0.29) is 5.75 Å². The quantitative estimate of drug-likeness (QED) is 0.658. The first kappa shape index (κ1) is 18.2. The second kappa shape index (κ2) is 7.22. The minimum atomic E-state index is -0.936. The summed E-state index contributed by atoms with van der Waals surface area (Å²) in [5.74, 6) is 2.53. The number of carbonyl (C=O) groups is 1. The zero-order valence-electron chi connectivity index (χ0n) is 16.4. The molecule has 4 aliphatic carbocycles. The summed E-state index contributed by atoms with van der Waals surface area (Å²) in [7, 11) is 0. The third-order valence-corrected chi connectivity index (χ3v) is 7.08. The molecule has 0 aliphatic heterocycles. The second-order valence-electron chi connectivity index (χ2n) is 8.98. The van der Waals surface area contributed by atoms with Crippen LogP contribution in [-0.4, -0.2) is 16.2 Å². The highest BCUT2D eigenvalue weighted by atomic mass is 16.4. The number of phenols is 1. The third-order valence-electron chi connectivity index (χ3n) is 7.08. The molecule has 4 aliphatic rings. The maximum Gasteiger partial charge on any atom is 0.328 e. The van der Waals surface area contributed by atoms with Crippen LogP contribution in [0.4, 0.5) is 0 Å². The van der Waals surface area contributed by atoms with E-state index in [4.69, 9.17) is 5.11 Å². The summed E-state index contributed by atoms with van der Waals surface area (Å²) in [5, 5.41) is 18.7. The molecule has 0 unspecified atom stereocenters. The van der Waals surface area contributed by atoms with Gasteiger partial charge in [-0.1, -0.05) is 42.0 Å². The van der Waals surface area contributed by atoms with Gasteiger partial charge in [0.25, 0.3) is 0 Å². The van der Waals surface area contributed by atoms with E-state index in [2.05, 4.69) is 12.1 Å². The monoisotopic (exact) mass is 386 g/mol. The molecular formula is C26H26O3. The van der Waals surface area contributed by atoms with Gasteiger partial charge in [0.05, 0.1) is 0 Å². The molecule has 0 saturated heterocycles. The molecule has 2 aromatic rings. The average molecular weight is 386 g/mol. The Hall–Kier alpha value is -2.81. The Morgan fingerprint density at radius 3 is 1.83 bits per heavy atom. The normalized spacial score (nSPS) is 27.5. The molecule has 2 aromatic carbocycles. The standard InChI is InChI=1S/C26H26O3/c27-23-8-6-20(7-9-23)25(19-4-1-16(2-5-19)3-10-24(28)29)26-21-12-17-11-18(14-21)15-22(26)13-17/h1-10,17-18,21-22,27H,11-15H2,(H,28,29)/b10-3+,26-25?. The van der Waals surface area contributed by atoms with Crippen LogP contribution >= 0.6 is 0 Å². The molecule has 148 valence electrons. The fourth-order valence-electron chi connectivity index (χ4n) is 6.16. The second-order valence-corrected chi connectivity index (χ2v) is 8.98. The van der Waals surface area contributed by atoms with Crippen LogP contribution in [0.3, 0.4) is 0 Å². The van der Waals surface area contributed by atoms with Crippen LogP contribution in [0.1, 0.15) is 48.8 Å². The van der Waals surface area contributed by atoms with Crippen molar-refractivity contribution in [2.45, 2.75) is 32.1 Å². The van der Waals surface area contributed by atoms with Crippen molar-refractivity contribution >= 4 is 17.6 Å². The van der Waals surface area contributed by atoms with Crippen LogP contribution in [0.15, 0.2) is 60.2 Å². The minimum Gasteiger partial charge on any atom is -0.508 e. The Bertz CT molecular complexity index is 950. The molecule has 0 amide bonds. The van der Waals surface area contributed by atoms with Crippen molar-refractivity contribution in [3.8, 4) is 5.75 Å². The molecule has 4 saturated carbocycles. The number of phenolic OH excluding ortho intramolecular Hbond substituents is 1. The fraction of sp³-hybridized carbons (Fsp3) is 0.346. The van der Waals surface area contributed by atoms with E-state index in [1.54, 1.807) is 23.8 Å². The van der Waals surface area contributed by atoms with Gasteiger partial charge in [-0.2, -0.15) is 0 Å². The number of aliphatic carboxylic acids is 1. The molecule has 4 bridgehead atoms. The van der Waals surface area contributed by atoms with E-state index < -0.39 is 5.97 Å². The first-order valence-corrected chi connectivity index (χ1v) is 10.6. The van der Waals surface area contributed by atoms with Gasteiger partial charge in [0.1, 0.15) is 5.75 Å². The molecule has 0 aromatic heterocycles. The molecule has 0 heterocycles. The summed E-state index contributed by atoms with van der Waals surface area (Å²) in [5.41, 5.74) is 6.19. The van der Waals surface area contributed by atoms with Crippen molar-refractivity contribution in [3.63, 3.8) is 0 Å². The molecule has 2 N–H and O–H groups in total. The van der Waals surface area contributed by atoms with E-state index >= 15 is 0 Å². The van der Waals surface area contributed by atoms with Gasteiger partial charge >= 0.3 is 5.97 Å². The maximum absolute atomic E-state index is 10.8. The molecule has 29 heavy (non-hydrogen) atoms. The lowest BCUT2D eigenvalue weighted by Gasteiger charge is -2.52. The van der Waals surface area contributed by atoms with E-state index in [0.717, 1.165) is 17.4 Å². The van der Waals surface area contributed by atoms with Crippen molar-refractivity contribution in [1.29, 1.82) is 0 Å². The Morgan fingerprint density at radius 2 is 1.31 bits per heavy atom. The number of aromatic hydroxyl groups is 1. The highest BCUT2D eigenvalue weighted by molar-refractivity contribution is 5.86. The van der Waals surface area contributed by atoms with E-state index in [9.17, 15) is 9.90 Å². The number of carboxylic acid groups (broad SMARTS) is 1. The number of hydrogen-bond donors (Lipinski definition) is 2. The zero-order chi connectivity index (χ0) is 20.0. The SMILES string of the molecule is O=C(O)/C=C/c1ccc(C(=C2C3CC4CC(C3)CC2C4)c2ccc(O)cc2)cc1. The Labute approximate surface area is 171 Å². The molecule has 0 atom stereocenters. The van der Waals surface area contributed by atoms with Crippen LogP contribution in [0, 0.1) is 23.7 Å². The van der Waals surface area contributed by atoms with Crippen molar-refractivity contribution < 1.29 is 15.0 Å². The first-order valence-electron chi connectivity index (χ1n) is 10.6. The summed E-state index contributed by atoms with van der Waals surface area (Å²) >= 11 is 0. The predicted octanol–water partition coefficient (Wildman–Crippen LogP) is 5.75. The van der Waals surface area contributed by atoms with Crippen LogP contribution < -0.4 is 0 Å². The minimum absolute atomic E-state index is 0.289. The number of rotatable bonds is 4. The molecule has 0 spiro atoms. The Kier molecular flexibility index (Phi) is 4.54. The van der Waals surface area contributed by atoms with E-state index in [1.165, 1.54) is 54.9 Å². The van der Waals surface area contributed by atoms with Gasteiger partial charge in [0.2, 0.25) is 0 Å². The van der Waals surface area contributed by atoms with Gasteiger partial charge in [-0.25, -0.2) is 4.79 Å². The molecule has 4 fully saturated rings. The predicted molar refractivity (Wildman–Crippen MR) is 114 cm³/mol. The lowest BCUT2D eigenvalue weighted by atomic mass is 9.53.